The molecule has 11 nitrogen and oxygen atoms in total. The van der Waals surface area contributed by atoms with Crippen LogP contribution in [-0.4, -0.2) is 25.9 Å². The number of rotatable bonds is 6. The topological polar surface area (TPSA) is 184 Å². The van der Waals surface area contributed by atoms with E-state index in [1.165, 1.54) is 42.5 Å². The van der Waals surface area contributed by atoms with Gasteiger partial charge in [-0.2, -0.15) is 21.9 Å². The Morgan fingerprint density at radius 1 is 0.538 bits per heavy atom. The van der Waals surface area contributed by atoms with Gasteiger partial charge in [-0.1, -0.05) is 36.4 Å². The molecule has 0 aromatic heterocycles. The maximum Gasteiger partial charge on any atom is 0.295 e. The highest BCUT2D eigenvalue weighted by molar-refractivity contribution is 7.86. The second-order valence-corrected chi connectivity index (χ2v) is 11.2. The van der Waals surface area contributed by atoms with Crippen molar-refractivity contribution in [3.63, 3.8) is 0 Å². The molecule has 196 valence electrons. The number of benzene rings is 5. The van der Waals surface area contributed by atoms with E-state index in [2.05, 4.69) is 20.5 Å². The number of anilines is 1. The molecular weight excluding hydrogens is 542 g/mol. The van der Waals surface area contributed by atoms with Crippen molar-refractivity contribution in [3.05, 3.63) is 91.0 Å². The van der Waals surface area contributed by atoms with Gasteiger partial charge in [-0.25, -0.2) is 0 Å². The Balaban J connectivity index is 1.53. The Kier molecular flexibility index (Phi) is 6.66. The second kappa shape index (κ2) is 9.96. The van der Waals surface area contributed by atoms with E-state index >= 15 is 0 Å². The predicted molar refractivity (Wildman–Crippen MR) is 147 cm³/mol. The number of nitrogen functional groups attached to an aromatic ring is 1. The fourth-order valence-corrected chi connectivity index (χ4v) is 5.25. The number of hydrogen-bond donors (Lipinski definition) is 3. The molecule has 5 aromatic rings. The number of azo groups is 2. The second-order valence-electron chi connectivity index (χ2n) is 8.35. The Morgan fingerprint density at radius 3 is 1.62 bits per heavy atom. The van der Waals surface area contributed by atoms with Crippen molar-refractivity contribution in [2.75, 3.05) is 5.73 Å². The third kappa shape index (κ3) is 5.37. The number of nitrogens with two attached hydrogens (primary N) is 1. The highest BCUT2D eigenvalue weighted by Gasteiger charge is 2.17. The smallest absolute Gasteiger partial charge is 0.295 e. The first-order valence-corrected chi connectivity index (χ1v) is 14.1. The highest BCUT2D eigenvalue weighted by atomic mass is 32.2. The Labute approximate surface area is 222 Å². The summed E-state index contributed by atoms with van der Waals surface area (Å²) in [5.41, 5.74) is 7.96. The van der Waals surface area contributed by atoms with E-state index in [0.29, 0.717) is 28.1 Å². The summed E-state index contributed by atoms with van der Waals surface area (Å²) in [6.45, 7) is 0. The van der Waals surface area contributed by atoms with Crippen LogP contribution in [-0.2, 0) is 20.2 Å². The van der Waals surface area contributed by atoms with Crippen LogP contribution in [0.1, 0.15) is 0 Å². The van der Waals surface area contributed by atoms with Gasteiger partial charge >= 0.3 is 0 Å². The molecule has 4 N–H and O–H groups in total. The van der Waals surface area contributed by atoms with E-state index in [1.807, 2.05) is 24.3 Å². The van der Waals surface area contributed by atoms with Crippen LogP contribution in [0.25, 0.3) is 21.5 Å². The van der Waals surface area contributed by atoms with Crippen molar-refractivity contribution in [3.8, 4) is 0 Å². The molecule has 0 heterocycles. The molecule has 0 atom stereocenters. The summed E-state index contributed by atoms with van der Waals surface area (Å²) in [4.78, 5) is -0.563. The SMILES string of the molecule is Nc1ccc(N=Nc2ccc(N=Nc3ccc(S(=O)(=O)O)cc3)c3ccccc23)c2cccc(S(=O)(=O)O)c12. The molecule has 0 unspecified atom stereocenters. The number of hydrogen-bond acceptors (Lipinski definition) is 9. The van der Waals surface area contributed by atoms with Crippen molar-refractivity contribution in [1.29, 1.82) is 0 Å². The third-order valence-electron chi connectivity index (χ3n) is 5.84. The zero-order chi connectivity index (χ0) is 27.8. The van der Waals surface area contributed by atoms with E-state index in [9.17, 15) is 21.4 Å². The van der Waals surface area contributed by atoms with Crippen LogP contribution in [0.15, 0.2) is 121 Å². The summed E-state index contributed by atoms with van der Waals surface area (Å²) >= 11 is 0. The summed E-state index contributed by atoms with van der Waals surface area (Å²) in [5, 5.41) is 19.2. The van der Waals surface area contributed by atoms with Gasteiger partial charge in [0.2, 0.25) is 0 Å². The largest absolute Gasteiger partial charge is 0.398 e. The van der Waals surface area contributed by atoms with Crippen molar-refractivity contribution in [1.82, 2.24) is 0 Å². The Morgan fingerprint density at radius 2 is 1.05 bits per heavy atom. The summed E-state index contributed by atoms with van der Waals surface area (Å²) < 4.78 is 64.9. The summed E-state index contributed by atoms with van der Waals surface area (Å²) in [5.74, 6) is 0. The molecule has 0 fully saturated rings. The van der Waals surface area contributed by atoms with E-state index in [4.69, 9.17) is 10.3 Å². The van der Waals surface area contributed by atoms with Gasteiger partial charge in [0.25, 0.3) is 20.2 Å². The Hall–Kier alpha value is -4.56. The maximum absolute atomic E-state index is 11.9. The first-order valence-electron chi connectivity index (χ1n) is 11.2. The van der Waals surface area contributed by atoms with Gasteiger partial charge in [0.15, 0.2) is 0 Å². The van der Waals surface area contributed by atoms with Gasteiger partial charge in [-0.3, -0.25) is 9.11 Å². The lowest BCUT2D eigenvalue weighted by Crippen LogP contribution is -2.01. The van der Waals surface area contributed by atoms with E-state index in [1.54, 1.807) is 24.3 Å². The van der Waals surface area contributed by atoms with E-state index in [-0.39, 0.29) is 20.9 Å². The molecule has 13 heteroatoms. The molecule has 0 spiro atoms. The van der Waals surface area contributed by atoms with Crippen molar-refractivity contribution >= 4 is 70.2 Å². The molecule has 0 aliphatic rings. The summed E-state index contributed by atoms with van der Waals surface area (Å²) in [6, 6.07) is 23.5. The average Bonchev–Trinajstić information content (AvgIpc) is 2.91. The van der Waals surface area contributed by atoms with Gasteiger partial charge in [0, 0.05) is 27.2 Å². The van der Waals surface area contributed by atoms with Crippen LogP contribution in [0.5, 0.6) is 0 Å². The van der Waals surface area contributed by atoms with Gasteiger partial charge in [0.1, 0.15) is 4.90 Å². The van der Waals surface area contributed by atoms with Crippen LogP contribution < -0.4 is 5.73 Å². The first kappa shape index (κ1) is 26.1. The quantitative estimate of drug-likeness (QED) is 0.114. The van der Waals surface area contributed by atoms with Crippen molar-refractivity contribution in [2.45, 2.75) is 9.79 Å². The molecule has 0 radical (unpaired) electrons. The maximum atomic E-state index is 11.9. The predicted octanol–water partition coefficient (Wildman–Crippen LogP) is 6.90. The molecule has 39 heavy (non-hydrogen) atoms. The van der Waals surface area contributed by atoms with Crippen molar-refractivity contribution < 1.29 is 25.9 Å². The normalized spacial score (nSPS) is 12.7. The molecule has 0 saturated heterocycles. The summed E-state index contributed by atoms with van der Waals surface area (Å²) in [7, 11) is -8.82. The van der Waals surface area contributed by atoms with Gasteiger partial charge in [-0.15, -0.1) is 15.3 Å². The third-order valence-corrected chi connectivity index (χ3v) is 7.60. The van der Waals surface area contributed by atoms with Crippen LogP contribution in [0, 0.1) is 0 Å². The minimum absolute atomic E-state index is 0.154. The zero-order valence-electron chi connectivity index (χ0n) is 19.9. The van der Waals surface area contributed by atoms with Crippen LogP contribution in [0.3, 0.4) is 0 Å². The first-order chi connectivity index (χ1) is 18.5. The van der Waals surface area contributed by atoms with Gasteiger partial charge in [-0.05, 0) is 54.6 Å². The number of nitrogens with zero attached hydrogens (tertiary/aromatic N) is 4. The Bertz CT molecular complexity index is 2020. The standard InChI is InChI=1S/C26H19N5O6S2/c27-21-12-13-24(20-6-3-7-25(26(20)21)39(35,36)37)31-30-23-15-14-22(18-4-1-2-5-19(18)23)29-28-16-8-10-17(11-9-16)38(32,33)34/h1-15H,27H2,(H,32,33,34)(H,35,36,37). The molecule has 0 aliphatic heterocycles. The lowest BCUT2D eigenvalue weighted by molar-refractivity contribution is 0.481. The fourth-order valence-electron chi connectivity index (χ4n) is 4.03. The lowest BCUT2D eigenvalue weighted by atomic mass is 10.1. The fraction of sp³-hybridized carbons (Fsp3) is 0. The minimum Gasteiger partial charge on any atom is -0.398 e. The highest BCUT2D eigenvalue weighted by Crippen LogP contribution is 2.38. The molecular formula is C26H19N5O6S2. The van der Waals surface area contributed by atoms with Crippen LogP contribution in [0.2, 0.25) is 0 Å². The number of fused-ring (bicyclic) bond motifs is 2. The average molecular weight is 562 g/mol. The monoisotopic (exact) mass is 561 g/mol. The summed E-state index contributed by atoms with van der Waals surface area (Å²) in [6.07, 6.45) is 0. The van der Waals surface area contributed by atoms with Gasteiger partial charge < -0.3 is 5.73 Å². The molecule has 0 amide bonds. The lowest BCUT2D eigenvalue weighted by Gasteiger charge is -2.09. The molecule has 5 rings (SSSR count). The van der Waals surface area contributed by atoms with E-state index < -0.39 is 20.2 Å². The van der Waals surface area contributed by atoms with Crippen molar-refractivity contribution in [2.24, 2.45) is 20.5 Å². The van der Waals surface area contributed by atoms with E-state index in [0.717, 1.165) is 10.8 Å². The van der Waals surface area contributed by atoms with Crippen LogP contribution in [0.4, 0.5) is 28.4 Å². The molecule has 0 aliphatic carbocycles. The molecule has 0 saturated carbocycles. The van der Waals surface area contributed by atoms with Gasteiger partial charge in [0.05, 0.1) is 27.6 Å². The molecule has 5 aromatic carbocycles. The zero-order valence-corrected chi connectivity index (χ0v) is 21.5. The van der Waals surface area contributed by atoms with Crippen LogP contribution >= 0.6 is 0 Å². The molecule has 0 bridgehead atoms. The minimum atomic E-state index is -4.51.